The van der Waals surface area contributed by atoms with Crippen LogP contribution in [0.25, 0.3) is 11.3 Å². The van der Waals surface area contributed by atoms with Gasteiger partial charge in [-0.3, -0.25) is 4.99 Å². The number of aromatic nitrogens is 3. The molecular formula is C18H20F3IN6S. The molecule has 2 N–H and O–H groups in total. The van der Waals surface area contributed by atoms with Gasteiger partial charge in [-0.1, -0.05) is 30.3 Å². The van der Waals surface area contributed by atoms with Crippen LogP contribution in [0.2, 0.25) is 0 Å². The standard InChI is InChI=1S/C18H19F3N6S.HI/c1-22-17(24-9-16-26-14(11-28-16)18(19,20)21)27(2)10-15-23-8-13(25-15)12-6-4-3-5-7-12;/h3-8,11H,9-10H2,1-2H3,(H,22,24)(H,23,25);1H. The fourth-order valence-electron chi connectivity index (χ4n) is 2.57. The van der Waals surface area contributed by atoms with Crippen LogP contribution < -0.4 is 5.32 Å². The number of guanidine groups is 1. The largest absolute Gasteiger partial charge is 0.434 e. The highest BCUT2D eigenvalue weighted by Crippen LogP contribution is 2.29. The Bertz CT molecular complexity index is 938. The minimum atomic E-state index is -4.43. The molecule has 0 fully saturated rings. The number of imidazole rings is 1. The van der Waals surface area contributed by atoms with E-state index in [4.69, 9.17) is 0 Å². The highest BCUT2D eigenvalue weighted by molar-refractivity contribution is 14.0. The highest BCUT2D eigenvalue weighted by atomic mass is 127. The first kappa shape index (κ1) is 23.1. The molecule has 2 aromatic heterocycles. The number of aromatic amines is 1. The maximum atomic E-state index is 12.6. The molecule has 0 aliphatic heterocycles. The second kappa shape index (κ2) is 10.1. The lowest BCUT2D eigenvalue weighted by Gasteiger charge is -2.20. The highest BCUT2D eigenvalue weighted by Gasteiger charge is 2.33. The van der Waals surface area contributed by atoms with Crippen LogP contribution in [-0.2, 0) is 19.3 Å². The van der Waals surface area contributed by atoms with Crippen molar-refractivity contribution in [1.29, 1.82) is 0 Å². The van der Waals surface area contributed by atoms with Crippen molar-refractivity contribution >= 4 is 41.3 Å². The van der Waals surface area contributed by atoms with Crippen LogP contribution in [-0.4, -0.2) is 39.9 Å². The van der Waals surface area contributed by atoms with E-state index in [1.54, 1.807) is 13.2 Å². The summed E-state index contributed by atoms with van der Waals surface area (Å²) < 4.78 is 37.9. The first-order chi connectivity index (χ1) is 13.4. The van der Waals surface area contributed by atoms with Crippen LogP contribution in [0.15, 0.2) is 46.9 Å². The van der Waals surface area contributed by atoms with Crippen molar-refractivity contribution in [3.8, 4) is 11.3 Å². The Hall–Kier alpha value is -2.15. The van der Waals surface area contributed by atoms with E-state index in [1.165, 1.54) is 0 Å². The second-order valence-corrected chi connectivity index (χ2v) is 6.93. The number of nitrogens with zero attached hydrogens (tertiary/aromatic N) is 4. The van der Waals surface area contributed by atoms with Crippen molar-refractivity contribution in [3.63, 3.8) is 0 Å². The number of hydrogen-bond donors (Lipinski definition) is 2. The van der Waals surface area contributed by atoms with Crippen LogP contribution in [0.3, 0.4) is 0 Å². The van der Waals surface area contributed by atoms with Gasteiger partial charge in [-0.15, -0.1) is 35.3 Å². The molecule has 156 valence electrons. The zero-order valence-electron chi connectivity index (χ0n) is 15.7. The number of hydrogen-bond acceptors (Lipinski definition) is 4. The fourth-order valence-corrected chi connectivity index (χ4v) is 3.31. The van der Waals surface area contributed by atoms with E-state index in [0.717, 1.165) is 33.8 Å². The summed E-state index contributed by atoms with van der Waals surface area (Å²) in [5.41, 5.74) is 1.08. The molecule has 0 aliphatic rings. The Morgan fingerprint density at radius 1 is 1.28 bits per heavy atom. The molecule has 29 heavy (non-hydrogen) atoms. The fraction of sp³-hybridized carbons (Fsp3) is 0.278. The molecule has 0 atom stereocenters. The third kappa shape index (κ3) is 6.16. The second-order valence-electron chi connectivity index (χ2n) is 5.99. The average molecular weight is 536 g/mol. The zero-order chi connectivity index (χ0) is 20.1. The van der Waals surface area contributed by atoms with E-state index in [0.29, 0.717) is 17.5 Å². The zero-order valence-corrected chi connectivity index (χ0v) is 18.8. The van der Waals surface area contributed by atoms with E-state index in [1.807, 2.05) is 42.3 Å². The number of nitrogens with one attached hydrogen (secondary N) is 2. The maximum Gasteiger partial charge on any atom is 0.434 e. The summed E-state index contributed by atoms with van der Waals surface area (Å²) in [7, 11) is 3.43. The molecule has 3 aromatic rings. The van der Waals surface area contributed by atoms with Crippen LogP contribution >= 0.6 is 35.3 Å². The van der Waals surface area contributed by atoms with Gasteiger partial charge >= 0.3 is 6.18 Å². The summed E-state index contributed by atoms with van der Waals surface area (Å²) >= 11 is 0.960. The van der Waals surface area contributed by atoms with Crippen molar-refractivity contribution in [2.45, 2.75) is 19.3 Å². The van der Waals surface area contributed by atoms with Crippen LogP contribution in [0, 0.1) is 0 Å². The van der Waals surface area contributed by atoms with Gasteiger partial charge in [0.1, 0.15) is 10.8 Å². The molecule has 3 rings (SSSR count). The number of thiazole rings is 1. The van der Waals surface area contributed by atoms with Gasteiger partial charge < -0.3 is 15.2 Å². The van der Waals surface area contributed by atoms with Gasteiger partial charge in [0, 0.05) is 19.5 Å². The Morgan fingerprint density at radius 3 is 2.62 bits per heavy atom. The van der Waals surface area contributed by atoms with E-state index < -0.39 is 11.9 Å². The van der Waals surface area contributed by atoms with Crippen molar-refractivity contribution in [2.24, 2.45) is 4.99 Å². The van der Waals surface area contributed by atoms with Crippen molar-refractivity contribution < 1.29 is 13.2 Å². The topological polar surface area (TPSA) is 69.2 Å². The smallest absolute Gasteiger partial charge is 0.350 e. The quantitative estimate of drug-likeness (QED) is 0.289. The van der Waals surface area contributed by atoms with Crippen LogP contribution in [0.4, 0.5) is 13.2 Å². The molecule has 0 spiro atoms. The predicted molar refractivity (Wildman–Crippen MR) is 118 cm³/mol. The van der Waals surface area contributed by atoms with Crippen LogP contribution in [0.1, 0.15) is 16.5 Å². The normalized spacial score (nSPS) is 11.8. The molecule has 2 heterocycles. The summed E-state index contributed by atoms with van der Waals surface area (Å²) in [6.07, 6.45) is -2.66. The van der Waals surface area contributed by atoms with Gasteiger partial charge in [0.05, 0.1) is 25.0 Å². The maximum absolute atomic E-state index is 12.6. The molecule has 0 saturated carbocycles. The van der Waals surface area contributed by atoms with Crippen LogP contribution in [0.5, 0.6) is 0 Å². The third-order valence-electron chi connectivity index (χ3n) is 3.91. The number of aliphatic imine (C=N–C) groups is 1. The monoisotopic (exact) mass is 536 g/mol. The Labute approximate surface area is 187 Å². The van der Waals surface area contributed by atoms with Gasteiger partial charge in [0.15, 0.2) is 11.7 Å². The van der Waals surface area contributed by atoms with Gasteiger partial charge in [0.2, 0.25) is 0 Å². The van der Waals surface area contributed by atoms with Crippen molar-refractivity contribution in [2.75, 3.05) is 14.1 Å². The molecule has 6 nitrogen and oxygen atoms in total. The minimum absolute atomic E-state index is 0. The Balaban J connectivity index is 0.00000300. The lowest BCUT2D eigenvalue weighted by Crippen LogP contribution is -2.38. The van der Waals surface area contributed by atoms with Crippen molar-refractivity contribution in [3.05, 3.63) is 58.4 Å². The number of benzene rings is 1. The summed E-state index contributed by atoms with van der Waals surface area (Å²) in [5.74, 6) is 1.28. The summed E-state index contributed by atoms with van der Waals surface area (Å²) in [6.45, 7) is 0.614. The minimum Gasteiger partial charge on any atom is -0.350 e. The molecule has 0 radical (unpaired) electrons. The van der Waals surface area contributed by atoms with Gasteiger partial charge in [-0.25, -0.2) is 9.97 Å². The van der Waals surface area contributed by atoms with Gasteiger partial charge in [-0.05, 0) is 5.56 Å². The van der Waals surface area contributed by atoms with Gasteiger partial charge in [0.25, 0.3) is 0 Å². The summed E-state index contributed by atoms with van der Waals surface area (Å²) in [4.78, 5) is 17.2. The molecule has 0 amide bonds. The van der Waals surface area contributed by atoms with E-state index in [-0.39, 0.29) is 30.5 Å². The lowest BCUT2D eigenvalue weighted by molar-refractivity contribution is -0.140. The van der Waals surface area contributed by atoms with E-state index >= 15 is 0 Å². The third-order valence-corrected chi connectivity index (χ3v) is 4.76. The molecule has 11 heteroatoms. The molecule has 0 saturated heterocycles. The molecule has 1 aromatic carbocycles. The molecule has 0 bridgehead atoms. The number of alkyl halides is 3. The Kier molecular flexibility index (Phi) is 8.02. The SMILES string of the molecule is CN=C(NCc1nc(C(F)(F)F)cs1)N(C)Cc1ncc(-c2ccccc2)[nH]1.I. The van der Waals surface area contributed by atoms with Crippen molar-refractivity contribution in [1.82, 2.24) is 25.2 Å². The molecule has 0 aliphatic carbocycles. The molecule has 0 unspecified atom stereocenters. The summed E-state index contributed by atoms with van der Waals surface area (Å²) in [6, 6.07) is 9.84. The summed E-state index contributed by atoms with van der Waals surface area (Å²) in [5, 5.41) is 4.37. The average Bonchev–Trinajstić information content (AvgIpc) is 3.32. The first-order valence-electron chi connectivity index (χ1n) is 8.39. The van der Waals surface area contributed by atoms with E-state index in [9.17, 15) is 13.2 Å². The Morgan fingerprint density at radius 2 is 2.00 bits per heavy atom. The number of H-pyrrole nitrogens is 1. The number of halogens is 4. The van der Waals surface area contributed by atoms with Gasteiger partial charge in [-0.2, -0.15) is 13.2 Å². The number of rotatable bonds is 5. The molecular weight excluding hydrogens is 516 g/mol. The first-order valence-corrected chi connectivity index (χ1v) is 9.27. The lowest BCUT2D eigenvalue weighted by atomic mass is 10.2. The predicted octanol–water partition coefficient (Wildman–Crippen LogP) is 4.38. The van der Waals surface area contributed by atoms with E-state index in [2.05, 4.69) is 25.3 Å².